The van der Waals surface area contributed by atoms with Crippen LogP contribution in [0.15, 0.2) is 18.2 Å². The van der Waals surface area contributed by atoms with E-state index in [0.717, 1.165) is 12.8 Å². The van der Waals surface area contributed by atoms with Crippen molar-refractivity contribution in [3.05, 3.63) is 23.8 Å². The molecular formula is C13H17NO3. The normalized spacial score (nSPS) is 9.71. The number of rotatable bonds is 7. The molecule has 1 aromatic rings. The summed E-state index contributed by atoms with van der Waals surface area (Å²) >= 11 is 0. The van der Waals surface area contributed by atoms with Gasteiger partial charge < -0.3 is 14.6 Å². The molecule has 0 saturated carbocycles. The Morgan fingerprint density at radius 1 is 1.35 bits per heavy atom. The van der Waals surface area contributed by atoms with Crippen molar-refractivity contribution in [1.82, 2.24) is 0 Å². The monoisotopic (exact) mass is 235 g/mol. The molecule has 17 heavy (non-hydrogen) atoms. The minimum Gasteiger partial charge on any atom is -0.497 e. The lowest BCUT2D eigenvalue weighted by molar-refractivity contribution is 0.259. The first-order valence-electron chi connectivity index (χ1n) is 5.59. The zero-order valence-electron chi connectivity index (χ0n) is 9.98. The Morgan fingerprint density at radius 3 is 2.82 bits per heavy atom. The van der Waals surface area contributed by atoms with Crippen LogP contribution in [0.1, 0.15) is 24.8 Å². The van der Waals surface area contributed by atoms with Gasteiger partial charge in [-0.2, -0.15) is 5.26 Å². The molecule has 0 aliphatic carbocycles. The van der Waals surface area contributed by atoms with Gasteiger partial charge in [0.2, 0.25) is 0 Å². The third kappa shape index (κ3) is 4.33. The van der Waals surface area contributed by atoms with Crippen LogP contribution < -0.4 is 9.47 Å². The molecule has 0 heterocycles. The molecule has 0 fully saturated rings. The molecule has 0 saturated heterocycles. The maximum absolute atomic E-state index is 9.20. The number of methoxy groups -OCH3 is 1. The van der Waals surface area contributed by atoms with Crippen molar-refractivity contribution in [3.8, 4) is 17.6 Å². The fourth-order valence-electron chi connectivity index (χ4n) is 1.44. The highest BCUT2D eigenvalue weighted by molar-refractivity contribution is 5.39. The number of nitrogens with zero attached hydrogens (tertiary/aromatic N) is 1. The molecule has 1 rings (SSSR count). The van der Waals surface area contributed by atoms with Crippen molar-refractivity contribution in [1.29, 1.82) is 5.26 Å². The second kappa shape index (κ2) is 7.53. The molecule has 0 aromatic heterocycles. The summed E-state index contributed by atoms with van der Waals surface area (Å²) in [5, 5.41) is 17.6. The number of aliphatic hydroxyl groups is 1. The fourth-order valence-corrected chi connectivity index (χ4v) is 1.44. The van der Waals surface area contributed by atoms with Crippen LogP contribution in [-0.2, 0) is 6.61 Å². The summed E-state index contributed by atoms with van der Waals surface area (Å²) in [7, 11) is 1.58. The van der Waals surface area contributed by atoms with Crippen LogP contribution in [0.5, 0.6) is 11.5 Å². The van der Waals surface area contributed by atoms with Gasteiger partial charge >= 0.3 is 0 Å². The molecule has 0 bridgehead atoms. The van der Waals surface area contributed by atoms with E-state index in [4.69, 9.17) is 14.7 Å². The average molecular weight is 235 g/mol. The smallest absolute Gasteiger partial charge is 0.125 e. The van der Waals surface area contributed by atoms with Crippen LogP contribution in [-0.4, -0.2) is 18.8 Å². The van der Waals surface area contributed by atoms with Crippen LogP contribution >= 0.6 is 0 Å². The van der Waals surface area contributed by atoms with E-state index in [9.17, 15) is 5.11 Å². The largest absolute Gasteiger partial charge is 0.497 e. The van der Waals surface area contributed by atoms with Crippen LogP contribution in [0.4, 0.5) is 0 Å². The highest BCUT2D eigenvalue weighted by Crippen LogP contribution is 2.24. The Balaban J connectivity index is 2.50. The van der Waals surface area contributed by atoms with Gasteiger partial charge in [0.15, 0.2) is 0 Å². The molecule has 1 N–H and O–H groups in total. The van der Waals surface area contributed by atoms with Gasteiger partial charge in [-0.15, -0.1) is 0 Å². The molecule has 4 heteroatoms. The van der Waals surface area contributed by atoms with Crippen molar-refractivity contribution in [2.24, 2.45) is 0 Å². The van der Waals surface area contributed by atoms with E-state index in [1.54, 1.807) is 25.3 Å². The number of hydrogen-bond donors (Lipinski definition) is 1. The zero-order valence-corrected chi connectivity index (χ0v) is 9.98. The summed E-state index contributed by atoms with van der Waals surface area (Å²) in [6.45, 7) is 0.478. The van der Waals surface area contributed by atoms with Crippen LogP contribution in [0.2, 0.25) is 0 Å². The SMILES string of the molecule is COc1ccc(OCCCCC#N)c(CO)c1. The maximum Gasteiger partial charge on any atom is 0.125 e. The van der Waals surface area contributed by atoms with Crippen LogP contribution in [0.3, 0.4) is 0 Å². The first-order chi connectivity index (χ1) is 8.31. The Bertz CT molecular complexity index is 385. The molecule has 0 amide bonds. The molecule has 0 aliphatic rings. The number of ether oxygens (including phenoxy) is 2. The molecule has 0 atom stereocenters. The number of hydrogen-bond acceptors (Lipinski definition) is 4. The third-order valence-corrected chi connectivity index (χ3v) is 2.38. The molecular weight excluding hydrogens is 218 g/mol. The second-order valence-electron chi connectivity index (χ2n) is 3.60. The predicted octanol–water partition coefficient (Wildman–Crippen LogP) is 2.26. The van der Waals surface area contributed by atoms with Crippen molar-refractivity contribution >= 4 is 0 Å². The number of nitriles is 1. The van der Waals surface area contributed by atoms with Crippen LogP contribution in [0.25, 0.3) is 0 Å². The summed E-state index contributed by atoms with van der Waals surface area (Å²) in [5.41, 5.74) is 0.713. The van der Waals surface area contributed by atoms with Gasteiger partial charge in [0.1, 0.15) is 11.5 Å². The van der Waals surface area contributed by atoms with Gasteiger partial charge in [0.05, 0.1) is 26.4 Å². The van der Waals surface area contributed by atoms with E-state index >= 15 is 0 Å². The molecule has 0 unspecified atom stereocenters. The van der Waals surface area contributed by atoms with Gasteiger partial charge in [-0.05, 0) is 31.0 Å². The lowest BCUT2D eigenvalue weighted by atomic mass is 10.2. The van der Waals surface area contributed by atoms with E-state index in [2.05, 4.69) is 6.07 Å². The van der Waals surface area contributed by atoms with Crippen LogP contribution in [0, 0.1) is 11.3 Å². The second-order valence-corrected chi connectivity index (χ2v) is 3.60. The van der Waals surface area contributed by atoms with E-state index in [0.29, 0.717) is 30.1 Å². The van der Waals surface area contributed by atoms with Gasteiger partial charge in [-0.3, -0.25) is 0 Å². The Morgan fingerprint density at radius 2 is 2.18 bits per heavy atom. The lowest BCUT2D eigenvalue weighted by Crippen LogP contribution is -2.00. The van der Waals surface area contributed by atoms with Crippen molar-refractivity contribution in [2.75, 3.05) is 13.7 Å². The number of unbranched alkanes of at least 4 members (excludes halogenated alkanes) is 2. The maximum atomic E-state index is 9.20. The van der Waals surface area contributed by atoms with E-state index < -0.39 is 0 Å². The molecule has 0 spiro atoms. The summed E-state index contributed by atoms with van der Waals surface area (Å²) in [6, 6.07) is 7.43. The zero-order chi connectivity index (χ0) is 12.5. The highest BCUT2D eigenvalue weighted by Gasteiger charge is 2.04. The molecule has 1 aromatic carbocycles. The standard InChI is InChI=1S/C13H17NO3/c1-16-12-5-6-13(11(9-12)10-15)17-8-4-2-3-7-14/h5-6,9,15H,2-4,8,10H2,1H3. The van der Waals surface area contributed by atoms with Crippen molar-refractivity contribution in [3.63, 3.8) is 0 Å². The summed E-state index contributed by atoms with van der Waals surface area (Å²) < 4.78 is 10.6. The number of aliphatic hydroxyl groups excluding tert-OH is 1. The average Bonchev–Trinajstić information content (AvgIpc) is 2.38. The topological polar surface area (TPSA) is 62.5 Å². The fraction of sp³-hybridized carbons (Fsp3) is 0.462. The van der Waals surface area contributed by atoms with Gasteiger partial charge in [0, 0.05) is 12.0 Å². The molecule has 4 nitrogen and oxygen atoms in total. The molecule has 0 aliphatic heterocycles. The number of benzene rings is 1. The summed E-state index contributed by atoms with van der Waals surface area (Å²) in [6.07, 6.45) is 2.23. The minimum atomic E-state index is -0.0786. The van der Waals surface area contributed by atoms with E-state index in [1.807, 2.05) is 0 Å². The molecule has 92 valence electrons. The Hall–Kier alpha value is -1.73. The van der Waals surface area contributed by atoms with Crippen molar-refractivity contribution < 1.29 is 14.6 Å². The Kier molecular flexibility index (Phi) is 5.91. The van der Waals surface area contributed by atoms with Gasteiger partial charge in [-0.1, -0.05) is 0 Å². The van der Waals surface area contributed by atoms with Gasteiger partial charge in [0.25, 0.3) is 0 Å². The highest BCUT2D eigenvalue weighted by atomic mass is 16.5. The Labute approximate surface area is 101 Å². The van der Waals surface area contributed by atoms with Gasteiger partial charge in [-0.25, -0.2) is 0 Å². The molecule has 0 radical (unpaired) electrons. The summed E-state index contributed by atoms with van der Waals surface area (Å²) in [4.78, 5) is 0. The van der Waals surface area contributed by atoms with Crippen molar-refractivity contribution in [2.45, 2.75) is 25.9 Å². The first-order valence-corrected chi connectivity index (χ1v) is 5.59. The minimum absolute atomic E-state index is 0.0786. The summed E-state index contributed by atoms with van der Waals surface area (Å²) in [5.74, 6) is 1.37. The van der Waals surface area contributed by atoms with E-state index in [1.165, 1.54) is 0 Å². The third-order valence-electron chi connectivity index (χ3n) is 2.38. The predicted molar refractivity (Wildman–Crippen MR) is 63.9 cm³/mol. The quantitative estimate of drug-likeness (QED) is 0.736. The first kappa shape index (κ1) is 13.3. The van der Waals surface area contributed by atoms with E-state index in [-0.39, 0.29) is 6.61 Å². The lowest BCUT2D eigenvalue weighted by Gasteiger charge is -2.11.